The molecule has 6 nitrogen and oxygen atoms in total. The SMILES string of the molecule is O.O.O.O.O.O.[SnH2].[Zn]. The molecule has 0 atom stereocenters. The van der Waals surface area contributed by atoms with Gasteiger partial charge in [-0.05, 0) is 0 Å². The van der Waals surface area contributed by atoms with E-state index in [1.807, 2.05) is 0 Å². The van der Waals surface area contributed by atoms with E-state index in [1.165, 1.54) is 0 Å². The molecule has 8 heavy (non-hydrogen) atoms. The van der Waals surface area contributed by atoms with Gasteiger partial charge in [-0.25, -0.2) is 0 Å². The van der Waals surface area contributed by atoms with Crippen molar-refractivity contribution >= 4 is 23.9 Å². The van der Waals surface area contributed by atoms with Crippen molar-refractivity contribution in [3.8, 4) is 0 Å². The van der Waals surface area contributed by atoms with E-state index in [0.717, 1.165) is 0 Å². The van der Waals surface area contributed by atoms with Crippen molar-refractivity contribution in [1.82, 2.24) is 0 Å². The first-order valence-electron chi connectivity index (χ1n) is 0. The minimum atomic E-state index is 0. The zero-order valence-electron chi connectivity index (χ0n) is 4.41. The second-order valence-electron chi connectivity index (χ2n) is 0. The van der Waals surface area contributed by atoms with Gasteiger partial charge in [0, 0.05) is 19.5 Å². The molecule has 0 aromatic carbocycles. The van der Waals surface area contributed by atoms with Gasteiger partial charge in [0.1, 0.15) is 0 Å². The van der Waals surface area contributed by atoms with E-state index in [1.54, 1.807) is 0 Å². The van der Waals surface area contributed by atoms with E-state index in [-0.39, 0.29) is 76.2 Å². The molecule has 0 heterocycles. The van der Waals surface area contributed by atoms with Crippen LogP contribution in [0.15, 0.2) is 0 Å². The molecule has 0 rings (SSSR count). The first kappa shape index (κ1) is 440. The van der Waals surface area contributed by atoms with Crippen LogP contribution in [0.3, 0.4) is 0 Å². The van der Waals surface area contributed by atoms with E-state index in [9.17, 15) is 0 Å². The molecule has 0 saturated carbocycles. The van der Waals surface area contributed by atoms with Crippen LogP contribution < -0.4 is 0 Å². The molecule has 0 aliphatic heterocycles. The Hall–Kier alpha value is 1.18. The van der Waals surface area contributed by atoms with Crippen LogP contribution in [-0.2, 0) is 19.5 Å². The standard InChI is InChI=1S/6H2O.Sn.Zn.2H/h6*1H2;;;;. The average Bonchev–Trinajstić information content (AvgIpc) is 0. The van der Waals surface area contributed by atoms with Crippen molar-refractivity contribution < 1.29 is 52.3 Å². The Bertz CT molecular complexity index is 8.49. The van der Waals surface area contributed by atoms with Gasteiger partial charge in [-0.3, -0.25) is 0 Å². The fourth-order valence-corrected chi connectivity index (χ4v) is 0. The van der Waals surface area contributed by atoms with Crippen molar-refractivity contribution in [3.05, 3.63) is 0 Å². The van der Waals surface area contributed by atoms with Crippen molar-refractivity contribution in [3.63, 3.8) is 0 Å². The molecule has 8 heteroatoms. The molecular formula is H14O6SnZn. The minimum absolute atomic E-state index is 0. The summed E-state index contributed by atoms with van der Waals surface area (Å²) in [7, 11) is 0. The van der Waals surface area contributed by atoms with Gasteiger partial charge < -0.3 is 32.9 Å². The Labute approximate surface area is 76.2 Å². The second-order valence-corrected chi connectivity index (χ2v) is 0. The maximum Gasteiger partial charge on any atom is 0 e. The zero-order chi connectivity index (χ0) is 0. The normalized spacial score (nSPS) is 0. The second kappa shape index (κ2) is 302. The van der Waals surface area contributed by atoms with Crippen LogP contribution in [0.4, 0.5) is 0 Å². The number of hydrogen-bond donors (Lipinski definition) is 0. The van der Waals surface area contributed by atoms with E-state index >= 15 is 0 Å². The summed E-state index contributed by atoms with van der Waals surface area (Å²) in [6, 6.07) is 0. The fraction of sp³-hybridized carbons (Fsp3) is 0. The number of hydrogen-bond acceptors (Lipinski definition) is 0. The molecule has 0 bridgehead atoms. The summed E-state index contributed by atoms with van der Waals surface area (Å²) < 4.78 is 0. The Kier molecular flexibility index (Phi) is 16600. The van der Waals surface area contributed by atoms with Gasteiger partial charge in [0.25, 0.3) is 0 Å². The van der Waals surface area contributed by atoms with E-state index < -0.39 is 0 Å². The van der Waals surface area contributed by atoms with Crippen LogP contribution in [0, 0.1) is 0 Å². The molecule has 0 amide bonds. The van der Waals surface area contributed by atoms with Crippen molar-refractivity contribution in [2.75, 3.05) is 0 Å². The summed E-state index contributed by atoms with van der Waals surface area (Å²) >= 11 is 0. The van der Waals surface area contributed by atoms with Gasteiger partial charge in [0.2, 0.25) is 0 Å². The maximum absolute atomic E-state index is 0. The molecule has 0 saturated heterocycles. The molecule has 0 aromatic heterocycles. The quantitative estimate of drug-likeness (QED) is 0.385. The van der Waals surface area contributed by atoms with Crippen LogP contribution in [0.25, 0.3) is 0 Å². The summed E-state index contributed by atoms with van der Waals surface area (Å²) in [5.74, 6) is 0. The van der Waals surface area contributed by atoms with Crippen LogP contribution in [0.5, 0.6) is 0 Å². The third-order valence-electron chi connectivity index (χ3n) is 0. The summed E-state index contributed by atoms with van der Waals surface area (Å²) in [6.45, 7) is 0. The zero-order valence-corrected chi connectivity index (χ0v) is 11.4. The van der Waals surface area contributed by atoms with Crippen LogP contribution in [0.2, 0.25) is 0 Å². The molecular weight excluding hydrogens is 280 g/mol. The van der Waals surface area contributed by atoms with Crippen molar-refractivity contribution in [2.24, 2.45) is 0 Å². The van der Waals surface area contributed by atoms with Gasteiger partial charge in [0.15, 0.2) is 0 Å². The maximum atomic E-state index is 0. The molecule has 2 radical (unpaired) electrons. The van der Waals surface area contributed by atoms with Gasteiger partial charge >= 0.3 is 23.9 Å². The van der Waals surface area contributed by atoms with E-state index in [0.29, 0.717) is 0 Å². The summed E-state index contributed by atoms with van der Waals surface area (Å²) in [6.07, 6.45) is 0. The Morgan fingerprint density at radius 1 is 0.375 bits per heavy atom. The first-order chi connectivity index (χ1) is 0. The Morgan fingerprint density at radius 3 is 0.375 bits per heavy atom. The number of rotatable bonds is 0. The molecule has 0 fully saturated rings. The molecule has 0 aliphatic carbocycles. The van der Waals surface area contributed by atoms with Crippen molar-refractivity contribution in [2.45, 2.75) is 0 Å². The van der Waals surface area contributed by atoms with Gasteiger partial charge in [0.05, 0.1) is 0 Å². The summed E-state index contributed by atoms with van der Waals surface area (Å²) in [5, 5.41) is 0. The Balaban J connectivity index is 0. The van der Waals surface area contributed by atoms with Gasteiger partial charge in [-0.1, -0.05) is 0 Å². The summed E-state index contributed by atoms with van der Waals surface area (Å²) in [4.78, 5) is 0. The summed E-state index contributed by atoms with van der Waals surface area (Å²) in [5.41, 5.74) is 0. The molecule has 0 aromatic rings. The van der Waals surface area contributed by atoms with Gasteiger partial charge in [-0.2, -0.15) is 0 Å². The molecule has 0 unspecified atom stereocenters. The van der Waals surface area contributed by atoms with Gasteiger partial charge in [-0.15, -0.1) is 0 Å². The van der Waals surface area contributed by atoms with Crippen LogP contribution in [-0.4, -0.2) is 56.8 Å². The third kappa shape index (κ3) is 196. The molecule has 56 valence electrons. The average molecular weight is 294 g/mol. The minimum Gasteiger partial charge on any atom is 0 e. The monoisotopic (exact) mass is 294 g/mol. The Morgan fingerprint density at radius 2 is 0.375 bits per heavy atom. The van der Waals surface area contributed by atoms with Crippen LogP contribution >= 0.6 is 0 Å². The predicted octanol–water partition coefficient (Wildman–Crippen LogP) is -5.87. The van der Waals surface area contributed by atoms with Crippen LogP contribution in [0.1, 0.15) is 0 Å². The predicted molar refractivity (Wildman–Crippen MR) is 30.2 cm³/mol. The topological polar surface area (TPSA) is 189 Å². The first-order valence-corrected chi connectivity index (χ1v) is 0. The molecule has 0 aliphatic rings. The smallest absolute Gasteiger partial charge is 0 e. The van der Waals surface area contributed by atoms with E-state index in [2.05, 4.69) is 0 Å². The van der Waals surface area contributed by atoms with Crippen molar-refractivity contribution in [1.29, 1.82) is 0 Å². The fourth-order valence-electron chi connectivity index (χ4n) is 0. The molecule has 0 spiro atoms. The largest absolute Gasteiger partial charge is 0 e. The van der Waals surface area contributed by atoms with E-state index in [4.69, 9.17) is 0 Å². The third-order valence-corrected chi connectivity index (χ3v) is 0. The molecule has 12 N–H and O–H groups in total.